The molecule has 1 fully saturated rings. The minimum Gasteiger partial charge on any atom is -0.475 e. The maximum Gasteiger partial charge on any atom is 0.490 e. The Balaban J connectivity index is 0.000000289. The third kappa shape index (κ3) is 8.80. The first kappa shape index (κ1) is 32.1. The number of aliphatic carboxylic acids is 2. The number of nitrogens with zero attached hydrogens (tertiary/aromatic N) is 4. The highest BCUT2D eigenvalue weighted by molar-refractivity contribution is 5.90. The average Bonchev–Trinajstić information content (AvgIpc) is 3.58. The van der Waals surface area contributed by atoms with Crippen molar-refractivity contribution < 1.29 is 50.6 Å². The molecular weight excluding hydrogens is 574 g/mol. The summed E-state index contributed by atoms with van der Waals surface area (Å²) in [6.07, 6.45) is -4.30. The van der Waals surface area contributed by atoms with Gasteiger partial charge in [0, 0.05) is 24.2 Å². The Bertz CT molecular complexity index is 1440. The summed E-state index contributed by atoms with van der Waals surface area (Å²) in [6, 6.07) is 16.6. The highest BCUT2D eigenvalue weighted by atomic mass is 19.4. The van der Waals surface area contributed by atoms with Crippen LogP contribution in [0.3, 0.4) is 0 Å². The number of carbonyl (C=O) groups is 2. The predicted octanol–water partition coefficient (Wildman–Crippen LogP) is 5.87. The van der Waals surface area contributed by atoms with Gasteiger partial charge < -0.3 is 19.2 Å². The van der Waals surface area contributed by atoms with E-state index in [0.717, 1.165) is 60.5 Å². The number of hydrogen-bond acceptors (Lipinski definition) is 6. The molecule has 1 aliphatic heterocycles. The van der Waals surface area contributed by atoms with Gasteiger partial charge in [-0.1, -0.05) is 30.3 Å². The second kappa shape index (κ2) is 13.5. The molecule has 0 atom stereocenters. The number of hydrogen-bond donors (Lipinski definition) is 2. The van der Waals surface area contributed by atoms with E-state index in [9.17, 15) is 26.3 Å². The van der Waals surface area contributed by atoms with E-state index in [4.69, 9.17) is 29.2 Å². The van der Waals surface area contributed by atoms with Crippen LogP contribution in [-0.4, -0.2) is 67.0 Å². The van der Waals surface area contributed by atoms with Gasteiger partial charge in [-0.25, -0.2) is 14.6 Å². The van der Waals surface area contributed by atoms with E-state index >= 15 is 0 Å². The van der Waals surface area contributed by atoms with Gasteiger partial charge >= 0.3 is 24.3 Å². The van der Waals surface area contributed by atoms with Crippen LogP contribution in [-0.2, 0) is 23.2 Å². The van der Waals surface area contributed by atoms with Crippen LogP contribution in [0.15, 0.2) is 65.5 Å². The first-order valence-electron chi connectivity index (χ1n) is 12.4. The van der Waals surface area contributed by atoms with Crippen LogP contribution in [0.5, 0.6) is 0 Å². The molecule has 0 saturated carbocycles. The van der Waals surface area contributed by atoms with Crippen LogP contribution in [0, 0.1) is 0 Å². The molecule has 9 nitrogen and oxygen atoms in total. The SMILES string of the molecule is Cn1cnc2c(-c3ccccc3)nc(C3CCN(Cc4ccco4)CC3)cc21.O=C(O)C(F)(F)F.O=C(O)C(F)(F)F. The molecule has 0 aliphatic carbocycles. The Morgan fingerprint density at radius 2 is 1.52 bits per heavy atom. The smallest absolute Gasteiger partial charge is 0.475 e. The van der Waals surface area contributed by atoms with Crippen molar-refractivity contribution in [3.8, 4) is 11.3 Å². The van der Waals surface area contributed by atoms with E-state index in [0.29, 0.717) is 5.92 Å². The Morgan fingerprint density at radius 1 is 0.952 bits per heavy atom. The second-order valence-corrected chi connectivity index (χ2v) is 9.22. The van der Waals surface area contributed by atoms with Gasteiger partial charge in [0.25, 0.3) is 0 Å². The molecular formula is C27H26F6N4O5. The summed E-state index contributed by atoms with van der Waals surface area (Å²) >= 11 is 0. The normalized spacial score (nSPS) is 14.5. The van der Waals surface area contributed by atoms with E-state index < -0.39 is 24.3 Å². The van der Waals surface area contributed by atoms with Crippen LogP contribution >= 0.6 is 0 Å². The highest BCUT2D eigenvalue weighted by Crippen LogP contribution is 2.33. The minimum absolute atomic E-state index is 0.481. The molecule has 0 spiro atoms. The van der Waals surface area contributed by atoms with Crippen molar-refractivity contribution in [3.63, 3.8) is 0 Å². The third-order valence-corrected chi connectivity index (χ3v) is 6.23. The van der Waals surface area contributed by atoms with Crippen LogP contribution < -0.4 is 0 Å². The average molecular weight is 601 g/mol. The van der Waals surface area contributed by atoms with Gasteiger partial charge in [-0.2, -0.15) is 26.3 Å². The molecule has 0 unspecified atom stereocenters. The monoisotopic (exact) mass is 600 g/mol. The van der Waals surface area contributed by atoms with Crippen LogP contribution in [0.2, 0.25) is 0 Å². The maximum atomic E-state index is 10.6. The van der Waals surface area contributed by atoms with Crippen LogP contribution in [0.1, 0.15) is 30.2 Å². The van der Waals surface area contributed by atoms with E-state index in [1.807, 2.05) is 18.5 Å². The number of aryl methyl sites for hydroxylation is 1. The number of carboxylic acid groups (broad SMARTS) is 2. The Morgan fingerprint density at radius 3 is 2.02 bits per heavy atom. The van der Waals surface area contributed by atoms with Crippen molar-refractivity contribution in [2.45, 2.75) is 37.7 Å². The molecule has 4 heterocycles. The molecule has 4 aromatic rings. The number of aromatic nitrogens is 3. The first-order chi connectivity index (χ1) is 19.7. The number of piperidine rings is 1. The van der Waals surface area contributed by atoms with Crippen molar-refractivity contribution in [1.82, 2.24) is 19.4 Å². The number of fused-ring (bicyclic) bond motifs is 1. The van der Waals surface area contributed by atoms with Gasteiger partial charge in [-0.15, -0.1) is 0 Å². The fourth-order valence-electron chi connectivity index (χ4n) is 4.16. The van der Waals surface area contributed by atoms with E-state index in [2.05, 4.69) is 57.9 Å². The maximum absolute atomic E-state index is 10.6. The molecule has 2 N–H and O–H groups in total. The number of benzene rings is 1. The molecule has 226 valence electrons. The van der Waals surface area contributed by atoms with Crippen molar-refractivity contribution >= 4 is 23.0 Å². The lowest BCUT2D eigenvalue weighted by Crippen LogP contribution is -2.32. The van der Waals surface area contributed by atoms with Crippen LogP contribution in [0.4, 0.5) is 26.3 Å². The molecule has 5 rings (SSSR count). The third-order valence-electron chi connectivity index (χ3n) is 6.23. The summed E-state index contributed by atoms with van der Waals surface area (Å²) in [5.74, 6) is -3.99. The Kier molecular flexibility index (Phi) is 10.3. The van der Waals surface area contributed by atoms with Gasteiger partial charge in [-0.3, -0.25) is 9.88 Å². The molecule has 1 aliphatic rings. The van der Waals surface area contributed by atoms with Crippen LogP contribution in [0.25, 0.3) is 22.3 Å². The molecule has 1 aromatic carbocycles. The zero-order valence-electron chi connectivity index (χ0n) is 22.1. The lowest BCUT2D eigenvalue weighted by Gasteiger charge is -2.31. The summed E-state index contributed by atoms with van der Waals surface area (Å²) < 4.78 is 71.1. The zero-order valence-corrected chi connectivity index (χ0v) is 22.1. The minimum atomic E-state index is -5.08. The zero-order chi connectivity index (χ0) is 31.1. The topological polar surface area (TPSA) is 122 Å². The van der Waals surface area contributed by atoms with Crippen molar-refractivity contribution in [2.24, 2.45) is 7.05 Å². The quantitative estimate of drug-likeness (QED) is 0.279. The largest absolute Gasteiger partial charge is 0.490 e. The van der Waals surface area contributed by atoms with Gasteiger partial charge in [0.15, 0.2) is 0 Å². The molecule has 1 saturated heterocycles. The second-order valence-electron chi connectivity index (χ2n) is 9.22. The van der Waals surface area contributed by atoms with Gasteiger partial charge in [0.05, 0.1) is 30.3 Å². The molecule has 3 aromatic heterocycles. The summed E-state index contributed by atoms with van der Waals surface area (Å²) in [6.45, 7) is 3.03. The fourth-order valence-corrected chi connectivity index (χ4v) is 4.16. The number of halogens is 6. The van der Waals surface area contributed by atoms with E-state index in [1.54, 1.807) is 6.26 Å². The number of rotatable bonds is 4. The number of alkyl halides is 6. The van der Waals surface area contributed by atoms with Gasteiger partial charge in [0.2, 0.25) is 0 Å². The number of furan rings is 1. The van der Waals surface area contributed by atoms with Gasteiger partial charge in [-0.05, 0) is 44.1 Å². The van der Waals surface area contributed by atoms with E-state index in [-0.39, 0.29) is 0 Å². The fraction of sp³-hybridized carbons (Fsp3) is 0.333. The standard InChI is InChI=1S/C23H24N4O.2C2HF3O2/c1-26-16-24-23-21(26)14-20(25-22(23)18-6-3-2-4-7-18)17-9-11-27(12-10-17)15-19-8-5-13-28-19;2*3-2(4,5)1(6)7/h2-8,13-14,16-17H,9-12,15H2,1H3;2*(H,6,7). The Hall–Kier alpha value is -4.40. The predicted molar refractivity (Wildman–Crippen MR) is 137 cm³/mol. The first-order valence-corrected chi connectivity index (χ1v) is 12.4. The summed E-state index contributed by atoms with van der Waals surface area (Å²) in [4.78, 5) is 30.0. The highest BCUT2D eigenvalue weighted by Gasteiger charge is 2.38. The number of likely N-dealkylation sites (tertiary alicyclic amines) is 1. The summed E-state index contributed by atoms with van der Waals surface area (Å²) in [7, 11) is 2.06. The molecule has 0 radical (unpaired) electrons. The lowest BCUT2D eigenvalue weighted by atomic mass is 9.92. The summed E-state index contributed by atoms with van der Waals surface area (Å²) in [5.41, 5.74) is 5.44. The Labute approximate surface area is 235 Å². The van der Waals surface area contributed by atoms with Crippen molar-refractivity contribution in [2.75, 3.05) is 13.1 Å². The lowest BCUT2D eigenvalue weighted by molar-refractivity contribution is -0.193. The number of pyridine rings is 1. The molecule has 42 heavy (non-hydrogen) atoms. The number of carboxylic acids is 2. The molecule has 0 bridgehead atoms. The molecule has 15 heteroatoms. The van der Waals surface area contributed by atoms with Crippen molar-refractivity contribution in [1.29, 1.82) is 0 Å². The van der Waals surface area contributed by atoms with Gasteiger partial charge in [0.1, 0.15) is 11.3 Å². The molecule has 0 amide bonds. The van der Waals surface area contributed by atoms with Crippen molar-refractivity contribution in [3.05, 3.63) is 72.6 Å². The van der Waals surface area contributed by atoms with E-state index in [1.165, 1.54) is 5.69 Å². The summed E-state index contributed by atoms with van der Waals surface area (Å²) in [5, 5.41) is 14.2. The number of imidazole rings is 1.